The number of carboxylic acids is 1. The van der Waals surface area contributed by atoms with Crippen molar-refractivity contribution in [1.29, 1.82) is 0 Å². The molecule has 1 aromatic rings. The third kappa shape index (κ3) is 1.14. The van der Waals surface area contributed by atoms with Gasteiger partial charge in [0.15, 0.2) is 11.6 Å². The third-order valence-corrected chi connectivity index (χ3v) is 3.33. The van der Waals surface area contributed by atoms with Gasteiger partial charge < -0.3 is 9.52 Å². The first kappa shape index (κ1) is 8.03. The maximum absolute atomic E-state index is 10.6. The van der Waals surface area contributed by atoms with E-state index >= 15 is 0 Å². The van der Waals surface area contributed by atoms with E-state index in [-0.39, 0.29) is 5.69 Å². The number of aromatic carboxylic acids is 1. The Labute approximate surface area is 80.9 Å². The summed E-state index contributed by atoms with van der Waals surface area (Å²) in [7, 11) is 0. The van der Waals surface area contributed by atoms with Gasteiger partial charge in [0.1, 0.15) is 6.26 Å². The van der Waals surface area contributed by atoms with E-state index < -0.39 is 5.97 Å². The van der Waals surface area contributed by atoms with Gasteiger partial charge in [0.05, 0.1) is 0 Å². The second-order valence-corrected chi connectivity index (χ2v) is 4.30. The normalized spacial score (nSPS) is 34.1. The van der Waals surface area contributed by atoms with Crippen LogP contribution in [0.25, 0.3) is 0 Å². The number of carbonyl (C=O) groups is 1. The second kappa shape index (κ2) is 2.59. The van der Waals surface area contributed by atoms with E-state index in [2.05, 4.69) is 4.98 Å². The number of fused-ring (bicyclic) bond motifs is 1. The van der Waals surface area contributed by atoms with Crippen LogP contribution in [0.4, 0.5) is 0 Å². The number of nitrogens with zero attached hydrogens (tertiary/aromatic N) is 1. The molecule has 2 aliphatic carbocycles. The summed E-state index contributed by atoms with van der Waals surface area (Å²) in [6.07, 6.45) is 4.85. The minimum atomic E-state index is -1.01. The Kier molecular flexibility index (Phi) is 1.48. The molecule has 0 saturated heterocycles. The first-order valence-electron chi connectivity index (χ1n) is 4.92. The Hall–Kier alpha value is -1.32. The standard InChI is InChI=1S/C10H11NO3/c12-10(13)8-4-14-9(11-8)7-2-5-1-6(5)3-7/h4-7H,1-3H2,(H,12,13). The van der Waals surface area contributed by atoms with Crippen molar-refractivity contribution >= 4 is 5.97 Å². The molecule has 0 bridgehead atoms. The fourth-order valence-corrected chi connectivity index (χ4v) is 2.49. The van der Waals surface area contributed by atoms with Crippen molar-refractivity contribution in [3.63, 3.8) is 0 Å². The topological polar surface area (TPSA) is 63.3 Å². The summed E-state index contributed by atoms with van der Waals surface area (Å²) in [5.41, 5.74) is 0.0283. The lowest BCUT2D eigenvalue weighted by atomic mass is 10.0. The first-order valence-corrected chi connectivity index (χ1v) is 4.92. The van der Waals surface area contributed by atoms with E-state index in [4.69, 9.17) is 9.52 Å². The number of carboxylic acid groups (broad SMARTS) is 1. The zero-order valence-corrected chi connectivity index (χ0v) is 7.64. The minimum absolute atomic E-state index is 0.0283. The van der Waals surface area contributed by atoms with Gasteiger partial charge in [-0.1, -0.05) is 0 Å². The average molecular weight is 193 g/mol. The fourth-order valence-electron chi connectivity index (χ4n) is 2.49. The molecule has 14 heavy (non-hydrogen) atoms. The molecule has 0 aliphatic heterocycles. The van der Waals surface area contributed by atoms with Crippen molar-refractivity contribution in [2.24, 2.45) is 11.8 Å². The maximum Gasteiger partial charge on any atom is 0.357 e. The van der Waals surface area contributed by atoms with Crippen LogP contribution in [0.15, 0.2) is 10.7 Å². The molecule has 2 saturated carbocycles. The zero-order chi connectivity index (χ0) is 9.71. The van der Waals surface area contributed by atoms with Gasteiger partial charge in [-0.05, 0) is 31.1 Å². The summed E-state index contributed by atoms with van der Waals surface area (Å²) < 4.78 is 5.19. The second-order valence-electron chi connectivity index (χ2n) is 4.30. The molecule has 2 atom stereocenters. The summed E-state index contributed by atoms with van der Waals surface area (Å²) in [4.78, 5) is 14.6. The zero-order valence-electron chi connectivity index (χ0n) is 7.64. The maximum atomic E-state index is 10.6. The van der Waals surface area contributed by atoms with Gasteiger partial charge in [0.2, 0.25) is 0 Å². The molecular weight excluding hydrogens is 182 g/mol. The lowest BCUT2D eigenvalue weighted by Crippen LogP contribution is -1.99. The lowest BCUT2D eigenvalue weighted by molar-refractivity contribution is 0.0690. The van der Waals surface area contributed by atoms with Gasteiger partial charge in [-0.3, -0.25) is 0 Å². The Morgan fingerprint density at radius 2 is 2.14 bits per heavy atom. The molecule has 2 aliphatic rings. The summed E-state index contributed by atoms with van der Waals surface area (Å²) in [6.45, 7) is 0. The molecule has 1 aromatic heterocycles. The highest BCUT2D eigenvalue weighted by molar-refractivity contribution is 5.84. The summed E-state index contributed by atoms with van der Waals surface area (Å²) >= 11 is 0. The molecule has 0 radical (unpaired) electrons. The number of oxazole rings is 1. The van der Waals surface area contributed by atoms with Crippen LogP contribution in [0, 0.1) is 11.8 Å². The fraction of sp³-hybridized carbons (Fsp3) is 0.600. The number of aromatic nitrogens is 1. The van der Waals surface area contributed by atoms with Gasteiger partial charge in [-0.15, -0.1) is 0 Å². The van der Waals surface area contributed by atoms with Crippen LogP contribution in [0.3, 0.4) is 0 Å². The van der Waals surface area contributed by atoms with E-state index in [1.165, 1.54) is 12.7 Å². The summed E-state index contributed by atoms with van der Waals surface area (Å²) in [5, 5.41) is 8.68. The molecule has 0 amide bonds. The van der Waals surface area contributed by atoms with Gasteiger partial charge in [0.25, 0.3) is 0 Å². The van der Waals surface area contributed by atoms with Crippen LogP contribution in [-0.2, 0) is 0 Å². The van der Waals surface area contributed by atoms with Gasteiger partial charge >= 0.3 is 5.97 Å². The SMILES string of the molecule is O=C(O)c1coc(C2CC3CC3C2)n1. The Morgan fingerprint density at radius 1 is 1.43 bits per heavy atom. The molecule has 1 heterocycles. The molecular formula is C10H11NO3. The van der Waals surface area contributed by atoms with E-state index in [0.717, 1.165) is 24.7 Å². The van der Waals surface area contributed by atoms with Crippen molar-refractivity contribution in [3.8, 4) is 0 Å². The quantitative estimate of drug-likeness (QED) is 0.778. The largest absolute Gasteiger partial charge is 0.476 e. The molecule has 0 aromatic carbocycles. The lowest BCUT2D eigenvalue weighted by Gasteiger charge is -2.04. The van der Waals surface area contributed by atoms with Crippen molar-refractivity contribution < 1.29 is 14.3 Å². The van der Waals surface area contributed by atoms with Crippen molar-refractivity contribution in [3.05, 3.63) is 17.8 Å². The van der Waals surface area contributed by atoms with E-state index in [9.17, 15) is 4.79 Å². The smallest absolute Gasteiger partial charge is 0.357 e. The average Bonchev–Trinajstić information content (AvgIpc) is 2.69. The van der Waals surface area contributed by atoms with E-state index in [0.29, 0.717) is 11.8 Å². The Morgan fingerprint density at radius 3 is 2.71 bits per heavy atom. The first-order chi connectivity index (χ1) is 6.74. The minimum Gasteiger partial charge on any atom is -0.476 e. The predicted molar refractivity (Wildman–Crippen MR) is 47.0 cm³/mol. The molecule has 2 fully saturated rings. The van der Waals surface area contributed by atoms with Crippen molar-refractivity contribution in [1.82, 2.24) is 4.98 Å². The van der Waals surface area contributed by atoms with Crippen molar-refractivity contribution in [2.75, 3.05) is 0 Å². The highest BCUT2D eigenvalue weighted by Gasteiger charge is 2.47. The Balaban J connectivity index is 1.79. The number of rotatable bonds is 2. The van der Waals surface area contributed by atoms with Crippen molar-refractivity contribution in [2.45, 2.75) is 25.2 Å². The van der Waals surface area contributed by atoms with Gasteiger partial charge in [-0.25, -0.2) is 9.78 Å². The van der Waals surface area contributed by atoms with Crippen LogP contribution in [-0.4, -0.2) is 16.1 Å². The number of hydrogen-bond donors (Lipinski definition) is 1. The van der Waals surface area contributed by atoms with E-state index in [1.54, 1.807) is 0 Å². The predicted octanol–water partition coefficient (Wildman–Crippen LogP) is 1.89. The van der Waals surface area contributed by atoms with E-state index in [1.807, 2.05) is 0 Å². The molecule has 2 unspecified atom stereocenters. The highest BCUT2D eigenvalue weighted by atomic mass is 16.4. The summed E-state index contributed by atoms with van der Waals surface area (Å²) in [6, 6.07) is 0. The third-order valence-electron chi connectivity index (χ3n) is 3.33. The molecule has 1 N–H and O–H groups in total. The van der Waals surface area contributed by atoms with Gasteiger partial charge in [-0.2, -0.15) is 0 Å². The van der Waals surface area contributed by atoms with Crippen LogP contribution >= 0.6 is 0 Å². The molecule has 74 valence electrons. The van der Waals surface area contributed by atoms with Gasteiger partial charge in [0, 0.05) is 5.92 Å². The highest BCUT2D eigenvalue weighted by Crippen LogP contribution is 2.57. The van der Waals surface area contributed by atoms with Crippen LogP contribution in [0.2, 0.25) is 0 Å². The summed E-state index contributed by atoms with van der Waals surface area (Å²) in [5.74, 6) is 1.70. The van der Waals surface area contributed by atoms with Crippen LogP contribution < -0.4 is 0 Å². The van der Waals surface area contributed by atoms with Crippen LogP contribution in [0.1, 0.15) is 41.6 Å². The molecule has 4 nitrogen and oxygen atoms in total. The molecule has 0 spiro atoms. The molecule has 4 heteroatoms. The monoisotopic (exact) mass is 193 g/mol. The molecule has 3 rings (SSSR count). The Bertz CT molecular complexity index is 374. The van der Waals surface area contributed by atoms with Crippen LogP contribution in [0.5, 0.6) is 0 Å². The number of hydrogen-bond acceptors (Lipinski definition) is 3.